The van der Waals surface area contributed by atoms with Crippen LogP contribution >= 0.6 is 0 Å². The lowest BCUT2D eigenvalue weighted by atomic mass is 9.51. The van der Waals surface area contributed by atoms with E-state index in [0.717, 1.165) is 6.92 Å². The fourth-order valence-corrected chi connectivity index (χ4v) is 6.34. The zero-order valence-electron chi connectivity index (χ0n) is 21.0. The molecule has 3 aliphatic rings. The Morgan fingerprint density at radius 1 is 1.08 bits per heavy atom. The van der Waals surface area contributed by atoms with Crippen LogP contribution in [0, 0.1) is 23.7 Å². The summed E-state index contributed by atoms with van der Waals surface area (Å²) in [5.41, 5.74) is 3.14. The summed E-state index contributed by atoms with van der Waals surface area (Å²) in [7, 11) is 6.34. The standard InChI is InChI=1S/C25H29N3O9/c1-9(29)37-21-11-8-10-12(27(2)3)6-7-13(30)14(10)19(31)15(11)22(33)25(36)17(21)18(28(4)5)20(32)16(23(25)34)24(26)35/h6-7,11,15-18,21,30,36H,8H2,1-5H3,(H2,26,35)/t11-,15?,16?,17-,18+,21+,25+/m1/s1. The lowest BCUT2D eigenvalue weighted by molar-refractivity contribution is -0.203. The number of carbonyl (C=O) groups excluding carboxylic acids is 6. The Balaban J connectivity index is 2.01. The van der Waals surface area contributed by atoms with Gasteiger partial charge in [0.15, 0.2) is 34.7 Å². The normalized spacial score (nSPS) is 32.9. The van der Waals surface area contributed by atoms with Gasteiger partial charge in [-0.3, -0.25) is 33.7 Å². The van der Waals surface area contributed by atoms with Gasteiger partial charge in [0, 0.05) is 32.6 Å². The van der Waals surface area contributed by atoms with Gasteiger partial charge in [0.05, 0.1) is 23.4 Å². The Kier molecular flexibility index (Phi) is 6.24. The summed E-state index contributed by atoms with van der Waals surface area (Å²) >= 11 is 0. The van der Waals surface area contributed by atoms with Crippen LogP contribution in [0.2, 0.25) is 0 Å². The predicted molar refractivity (Wildman–Crippen MR) is 127 cm³/mol. The van der Waals surface area contributed by atoms with Gasteiger partial charge < -0.3 is 25.6 Å². The van der Waals surface area contributed by atoms with Crippen molar-refractivity contribution in [3.05, 3.63) is 23.3 Å². The molecule has 0 heterocycles. The summed E-state index contributed by atoms with van der Waals surface area (Å²) in [6, 6.07) is 1.48. The number of phenols is 1. The van der Waals surface area contributed by atoms with Crippen LogP contribution < -0.4 is 10.6 Å². The molecule has 4 N–H and O–H groups in total. The summed E-state index contributed by atoms with van der Waals surface area (Å²) in [6.07, 6.45) is -1.47. The number of aliphatic hydroxyl groups is 1. The molecule has 2 unspecified atom stereocenters. The number of aromatic hydroxyl groups is 1. The topological polar surface area (TPSA) is 185 Å². The molecular formula is C25H29N3O9. The maximum absolute atomic E-state index is 13.9. The summed E-state index contributed by atoms with van der Waals surface area (Å²) in [5.74, 6) is -13.5. The first-order chi connectivity index (χ1) is 17.2. The van der Waals surface area contributed by atoms with E-state index in [1.54, 1.807) is 25.1 Å². The number of carbonyl (C=O) groups is 6. The number of amides is 1. The van der Waals surface area contributed by atoms with Gasteiger partial charge in [-0.2, -0.15) is 0 Å². The Bertz CT molecular complexity index is 1260. The fraction of sp³-hybridized carbons (Fsp3) is 0.520. The molecule has 7 atom stereocenters. The second-order valence-corrected chi connectivity index (χ2v) is 10.3. The molecule has 0 aromatic heterocycles. The van der Waals surface area contributed by atoms with Crippen molar-refractivity contribution >= 4 is 40.7 Å². The number of benzene rings is 1. The number of hydrogen-bond donors (Lipinski definition) is 3. The van der Waals surface area contributed by atoms with Gasteiger partial charge in [-0.15, -0.1) is 0 Å². The zero-order chi connectivity index (χ0) is 27.7. The molecule has 37 heavy (non-hydrogen) atoms. The molecule has 12 heteroatoms. The molecule has 0 spiro atoms. The van der Waals surface area contributed by atoms with Crippen LogP contribution in [0.25, 0.3) is 0 Å². The average Bonchev–Trinajstić information content (AvgIpc) is 2.77. The molecule has 1 amide bonds. The van der Waals surface area contributed by atoms with E-state index in [2.05, 4.69) is 0 Å². The lowest BCUT2D eigenvalue weighted by Gasteiger charge is -2.55. The molecule has 0 radical (unpaired) electrons. The van der Waals surface area contributed by atoms with Crippen LogP contribution in [-0.2, 0) is 35.1 Å². The number of ether oxygens (including phenoxy) is 1. The molecular weight excluding hydrogens is 486 g/mol. The molecule has 1 aromatic rings. The van der Waals surface area contributed by atoms with E-state index < -0.39 is 76.4 Å². The molecule has 12 nitrogen and oxygen atoms in total. The molecule has 0 bridgehead atoms. The fourth-order valence-electron chi connectivity index (χ4n) is 6.34. The Labute approximate surface area is 212 Å². The van der Waals surface area contributed by atoms with Gasteiger partial charge >= 0.3 is 5.97 Å². The van der Waals surface area contributed by atoms with Crippen molar-refractivity contribution in [1.29, 1.82) is 0 Å². The number of fused-ring (bicyclic) bond motifs is 3. The van der Waals surface area contributed by atoms with E-state index in [-0.39, 0.29) is 17.7 Å². The first-order valence-electron chi connectivity index (χ1n) is 11.7. The number of nitrogens with zero attached hydrogens (tertiary/aromatic N) is 2. The second-order valence-electron chi connectivity index (χ2n) is 10.3. The van der Waals surface area contributed by atoms with Gasteiger partial charge in [-0.25, -0.2) is 0 Å². The van der Waals surface area contributed by atoms with Crippen molar-refractivity contribution in [2.24, 2.45) is 29.4 Å². The Morgan fingerprint density at radius 3 is 2.22 bits per heavy atom. The van der Waals surface area contributed by atoms with Gasteiger partial charge in [0.1, 0.15) is 11.9 Å². The molecule has 198 valence electrons. The monoisotopic (exact) mass is 515 g/mol. The summed E-state index contributed by atoms with van der Waals surface area (Å²) in [4.78, 5) is 81.9. The molecule has 0 aliphatic heterocycles. The van der Waals surface area contributed by atoms with Gasteiger partial charge in [-0.1, -0.05) is 0 Å². The third-order valence-corrected chi connectivity index (χ3v) is 7.76. The molecule has 2 saturated carbocycles. The summed E-state index contributed by atoms with van der Waals surface area (Å²) in [6.45, 7) is 1.09. The highest BCUT2D eigenvalue weighted by molar-refractivity contribution is 6.32. The third kappa shape index (κ3) is 3.57. The third-order valence-electron chi connectivity index (χ3n) is 7.76. The van der Waals surface area contributed by atoms with E-state index in [1.165, 1.54) is 25.1 Å². The van der Waals surface area contributed by atoms with E-state index in [1.807, 2.05) is 0 Å². The van der Waals surface area contributed by atoms with Crippen LogP contribution in [0.3, 0.4) is 0 Å². The predicted octanol–water partition coefficient (Wildman–Crippen LogP) is -1.53. The van der Waals surface area contributed by atoms with Crippen molar-refractivity contribution < 1.29 is 43.7 Å². The van der Waals surface area contributed by atoms with Crippen LogP contribution in [0.5, 0.6) is 5.75 Å². The number of likely N-dealkylation sites (N-methyl/N-ethyl adjacent to an activating group) is 1. The number of anilines is 1. The number of esters is 1. The van der Waals surface area contributed by atoms with Crippen LogP contribution in [0.15, 0.2) is 12.1 Å². The number of rotatable bonds is 4. The van der Waals surface area contributed by atoms with Crippen molar-refractivity contribution in [3.8, 4) is 5.75 Å². The number of phenolic OH excluding ortho intramolecular Hbond substituents is 1. The van der Waals surface area contributed by atoms with E-state index >= 15 is 0 Å². The van der Waals surface area contributed by atoms with E-state index in [9.17, 15) is 39.0 Å². The van der Waals surface area contributed by atoms with Crippen molar-refractivity contribution in [2.75, 3.05) is 33.1 Å². The minimum absolute atomic E-state index is 0.0360. The largest absolute Gasteiger partial charge is 0.507 e. The molecule has 0 saturated heterocycles. The quantitative estimate of drug-likeness (QED) is 0.312. The lowest BCUT2D eigenvalue weighted by Crippen LogP contribution is -2.78. The first-order valence-corrected chi connectivity index (χ1v) is 11.7. The summed E-state index contributed by atoms with van der Waals surface area (Å²) < 4.78 is 5.58. The van der Waals surface area contributed by atoms with E-state index in [4.69, 9.17) is 10.5 Å². The van der Waals surface area contributed by atoms with Crippen molar-refractivity contribution in [3.63, 3.8) is 0 Å². The SMILES string of the molecule is CC(=O)O[C@@H]1[C@H]2[C@H](N(C)C)C(=O)C(C(N)=O)C(=O)[C@@]2(O)C(=O)C2C(=O)c3c(O)ccc(N(C)C)c3C[C@H]21. The molecule has 3 aliphatic carbocycles. The highest BCUT2D eigenvalue weighted by Gasteiger charge is 2.73. The minimum atomic E-state index is -3.02. The Hall–Kier alpha value is -3.64. The number of ketones is 4. The Morgan fingerprint density at radius 2 is 1.70 bits per heavy atom. The number of nitrogens with two attached hydrogens (primary N) is 1. The minimum Gasteiger partial charge on any atom is -0.507 e. The highest BCUT2D eigenvalue weighted by Crippen LogP contribution is 2.52. The molecule has 4 rings (SSSR count). The second kappa shape index (κ2) is 8.73. The molecule has 1 aromatic carbocycles. The smallest absolute Gasteiger partial charge is 0.302 e. The number of Topliss-reactive ketones (excluding diaryl/α,β-unsaturated/α-hetero) is 4. The van der Waals surface area contributed by atoms with Gasteiger partial charge in [0.2, 0.25) is 5.91 Å². The van der Waals surface area contributed by atoms with Crippen LogP contribution in [0.1, 0.15) is 22.8 Å². The maximum atomic E-state index is 13.9. The highest BCUT2D eigenvalue weighted by atomic mass is 16.5. The van der Waals surface area contributed by atoms with Crippen molar-refractivity contribution in [1.82, 2.24) is 4.90 Å². The van der Waals surface area contributed by atoms with Crippen LogP contribution in [0.4, 0.5) is 5.69 Å². The van der Waals surface area contributed by atoms with Gasteiger partial charge in [-0.05, 0) is 38.2 Å². The maximum Gasteiger partial charge on any atom is 0.302 e. The van der Waals surface area contributed by atoms with E-state index in [0.29, 0.717) is 11.3 Å². The zero-order valence-corrected chi connectivity index (χ0v) is 21.0. The van der Waals surface area contributed by atoms with Crippen molar-refractivity contribution in [2.45, 2.75) is 31.1 Å². The molecule has 2 fully saturated rings. The summed E-state index contributed by atoms with van der Waals surface area (Å²) in [5, 5.41) is 22.3. The number of hydrogen-bond acceptors (Lipinski definition) is 11. The number of primary amides is 1. The first kappa shape index (κ1) is 26.4. The average molecular weight is 516 g/mol. The van der Waals surface area contributed by atoms with Gasteiger partial charge in [0.25, 0.3) is 0 Å². The van der Waals surface area contributed by atoms with Crippen LogP contribution in [-0.4, -0.2) is 96.1 Å².